The van der Waals surface area contributed by atoms with Crippen LogP contribution in [0.5, 0.6) is 11.5 Å². The largest absolute Gasteiger partial charge is 0.504 e. The number of cyclic esters (lactones) is 2. The van der Waals surface area contributed by atoms with Crippen molar-refractivity contribution in [2.45, 2.75) is 184 Å². The molecule has 6 aliphatic rings. The number of aryl methyl sites for hydroxylation is 1. The zero-order chi connectivity index (χ0) is 80.1. The summed E-state index contributed by atoms with van der Waals surface area (Å²) < 4.78 is 28.8. The smallest absolute Gasteiger partial charge is 0.336 e. The molecule has 2 saturated heterocycles. The van der Waals surface area contributed by atoms with Gasteiger partial charge in [0.05, 0.1) is 42.0 Å². The van der Waals surface area contributed by atoms with Gasteiger partial charge in [0, 0.05) is 74.9 Å². The highest BCUT2D eigenvalue weighted by Crippen LogP contribution is 2.39. The molecule has 4 heterocycles. The van der Waals surface area contributed by atoms with E-state index in [1.54, 1.807) is 68.4 Å². The number of rotatable bonds is 11. The highest BCUT2D eigenvalue weighted by atomic mass is 16.6. The Balaban J connectivity index is 0.000000708. The van der Waals surface area contributed by atoms with E-state index in [4.69, 9.17) is 33.8 Å². The lowest BCUT2D eigenvalue weighted by Crippen LogP contribution is -2.59. The SMILES string of the molecule is CC(C)=CCOc1cc2oc(=O)ccc2cc1O.Cc1c2oc3c(C)ccc(C(=O)NC4C(=O)NC(C(C)C)C(=O)C5CCCC5C(=O)N(C)CC(=O)N(C)C(C(C)C)C(=O)OC4C)c3nc-2c(C(=O)NC2C(=O)NC(C(C)C)C(=O)C3CCCC3C(=O)N(C)CC(=O)N(C)C(C(C)C)C(=O)OC2C)c(N)c1=O. The van der Waals surface area contributed by atoms with Crippen molar-refractivity contribution < 1.29 is 85.7 Å². The number of ether oxygens (including phenoxy) is 3. The number of hydrogen-bond donors (Lipinski definition) is 6. The van der Waals surface area contributed by atoms with Crippen molar-refractivity contribution in [2.24, 2.45) is 47.3 Å². The molecule has 30 nitrogen and oxygen atoms in total. The molecule has 108 heavy (non-hydrogen) atoms. The van der Waals surface area contributed by atoms with Crippen molar-refractivity contribution in [3.8, 4) is 23.0 Å². The molecule has 12 atom stereocenters. The van der Waals surface area contributed by atoms with Gasteiger partial charge in [0.25, 0.3) is 11.8 Å². The van der Waals surface area contributed by atoms with Crippen LogP contribution in [-0.2, 0) is 57.4 Å². The highest BCUT2D eigenvalue weighted by molar-refractivity contribution is 6.11. The van der Waals surface area contributed by atoms with Gasteiger partial charge in [0.1, 0.15) is 59.8 Å². The molecule has 1 aromatic heterocycles. The Morgan fingerprint density at radius 3 is 1.58 bits per heavy atom. The van der Waals surface area contributed by atoms with Gasteiger partial charge in [-0.1, -0.05) is 79.9 Å². The quantitative estimate of drug-likeness (QED) is 0.0310. The van der Waals surface area contributed by atoms with Crippen molar-refractivity contribution >= 4 is 98.5 Å². The van der Waals surface area contributed by atoms with Crippen LogP contribution in [0.4, 0.5) is 5.69 Å². The number of Topliss-reactive ketones (excluding diaryl/α,β-unsaturated/α-hetero) is 2. The number of phenolic OH excluding ortho intramolecular Hbond substituents is 1. The number of aromatic hydroxyl groups is 1. The molecule has 4 fully saturated rings. The zero-order valence-corrected chi connectivity index (χ0v) is 64.7. The number of phenols is 1. The van der Waals surface area contributed by atoms with Gasteiger partial charge in [-0.05, 0) is 121 Å². The van der Waals surface area contributed by atoms with Gasteiger partial charge in [-0.2, -0.15) is 0 Å². The summed E-state index contributed by atoms with van der Waals surface area (Å²) >= 11 is 0. The predicted octanol–water partition coefficient (Wildman–Crippen LogP) is 5.56. The number of nitrogens with one attached hydrogen (secondary N) is 4. The molecule has 7 N–H and O–H groups in total. The van der Waals surface area contributed by atoms with Crippen LogP contribution in [0.3, 0.4) is 0 Å². The van der Waals surface area contributed by atoms with Crippen molar-refractivity contribution in [3.05, 3.63) is 90.9 Å². The Hall–Kier alpha value is -10.5. The molecule has 12 unspecified atom stereocenters. The Bertz CT molecular complexity index is 4480. The average molecular weight is 1500 g/mol. The van der Waals surface area contributed by atoms with Gasteiger partial charge < -0.3 is 74.8 Å². The minimum atomic E-state index is -1.86. The summed E-state index contributed by atoms with van der Waals surface area (Å²) in [7, 11) is 5.66. The van der Waals surface area contributed by atoms with E-state index >= 15 is 9.59 Å². The summed E-state index contributed by atoms with van der Waals surface area (Å²) in [6.45, 7) is 22.6. The average Bonchev–Trinajstić information content (AvgIpc) is 0.940. The molecule has 3 aliphatic heterocycles. The molecule has 0 bridgehead atoms. The van der Waals surface area contributed by atoms with Crippen LogP contribution in [0.1, 0.15) is 153 Å². The van der Waals surface area contributed by atoms with Crippen LogP contribution in [0.25, 0.3) is 33.5 Å². The standard InChI is InChI=1S/C64H88N10O16.C14H14O4/c1-27(2)44-53(78)35-19-17-21-37(35)61(84)71(13)25-40(75)73(15)50(29(5)6)63(86)88-33(11)46(59(82)67-44)69-57(80)39-24-23-31(9)55-48(39)66-49-42(43(65)52(77)32(10)56(49)90-55)58(81)70-47-34(12)89-64(87)51(30(7)8)74(16)41(76)26-72(14)62(85)38-22-18-20-36(38)54(79)45(28(3)4)68-60(47)83;1-9(2)5-6-17-13-8-12-10(7-11(13)15)3-4-14(16)18-12/h23-24,27-30,33-38,44-47,50-51H,17-22,25-26,65H2,1-16H3,(H,67,82)(H,68,83)(H,69,80)(H,70,81);3-5,7-8,15H,6H2,1-2H3. The van der Waals surface area contributed by atoms with E-state index < -0.39 is 202 Å². The molecule has 8 amide bonds. The Labute approximate surface area is 626 Å². The molecule has 584 valence electrons. The van der Waals surface area contributed by atoms with Crippen LogP contribution < -0.4 is 42.8 Å². The van der Waals surface area contributed by atoms with Gasteiger partial charge in [-0.25, -0.2) is 19.4 Å². The number of allylic oxidation sites excluding steroid dienone is 1. The summed E-state index contributed by atoms with van der Waals surface area (Å²) in [6.07, 6.45) is 1.24. The van der Waals surface area contributed by atoms with Gasteiger partial charge in [-0.15, -0.1) is 0 Å². The van der Waals surface area contributed by atoms with Crippen LogP contribution >= 0.6 is 0 Å². The molecular weight excluding hydrogens is 1400 g/mol. The van der Waals surface area contributed by atoms with Crippen LogP contribution in [0.15, 0.2) is 66.5 Å². The van der Waals surface area contributed by atoms with E-state index in [2.05, 4.69) is 21.3 Å². The first kappa shape index (κ1) is 83.1. The highest BCUT2D eigenvalue weighted by Gasteiger charge is 2.48. The predicted molar refractivity (Wildman–Crippen MR) is 397 cm³/mol. The maximum absolute atomic E-state index is 15.2. The van der Waals surface area contributed by atoms with Gasteiger partial charge in [0.2, 0.25) is 40.9 Å². The number of nitrogen functional groups attached to an aromatic ring is 1. The van der Waals surface area contributed by atoms with Gasteiger partial charge in [0.15, 0.2) is 34.4 Å². The van der Waals surface area contributed by atoms with Crippen molar-refractivity contribution in [1.29, 1.82) is 0 Å². The number of nitrogens with zero attached hydrogens (tertiary/aromatic N) is 5. The summed E-state index contributed by atoms with van der Waals surface area (Å²) in [5.41, 5.74) is 4.76. The summed E-state index contributed by atoms with van der Waals surface area (Å²) in [5, 5.41) is 21.2. The number of hydrogen-bond acceptors (Lipinski definition) is 22. The molecule has 9 rings (SSSR count). The fraction of sp³-hybridized carbons (Fsp3) is 0.551. The summed E-state index contributed by atoms with van der Waals surface area (Å²) in [4.78, 5) is 208. The number of nitrogens with two attached hydrogens (primary N) is 1. The second-order valence-corrected chi connectivity index (χ2v) is 30.5. The third-order valence-electron chi connectivity index (χ3n) is 20.8. The van der Waals surface area contributed by atoms with Crippen LogP contribution in [-0.4, -0.2) is 197 Å². The molecular formula is C78H102N10O20. The van der Waals surface area contributed by atoms with Crippen molar-refractivity contribution in [3.63, 3.8) is 0 Å². The third kappa shape index (κ3) is 18.0. The molecule has 2 aromatic carbocycles. The number of anilines is 1. The molecule has 0 radical (unpaired) electrons. The maximum Gasteiger partial charge on any atom is 0.336 e. The fourth-order valence-corrected chi connectivity index (χ4v) is 14.7. The number of amides is 8. The number of carbonyl (C=O) groups excluding carboxylic acids is 12. The first-order chi connectivity index (χ1) is 50.7. The van der Waals surface area contributed by atoms with Crippen LogP contribution in [0.2, 0.25) is 0 Å². The maximum atomic E-state index is 15.2. The van der Waals surface area contributed by atoms with Crippen LogP contribution in [0, 0.1) is 61.2 Å². The lowest BCUT2D eigenvalue weighted by Gasteiger charge is -2.35. The molecule has 30 heteroatoms. The minimum absolute atomic E-state index is 0.0264. The van der Waals surface area contributed by atoms with Crippen molar-refractivity contribution in [2.75, 3.05) is 53.6 Å². The Morgan fingerprint density at radius 1 is 0.648 bits per heavy atom. The normalized spacial score (nSPS) is 24.9. The van der Waals surface area contributed by atoms with Crippen molar-refractivity contribution in [1.82, 2.24) is 45.9 Å². The number of benzene rings is 3. The van der Waals surface area contributed by atoms with E-state index in [1.165, 1.54) is 89.1 Å². The number of ketones is 2. The fourth-order valence-electron chi connectivity index (χ4n) is 14.7. The number of likely N-dealkylation sites (N-methyl/N-ethyl adjacent to an activating group) is 4. The zero-order valence-electron chi connectivity index (χ0n) is 64.7. The number of carbonyl (C=O) groups is 12. The molecule has 0 spiro atoms. The first-order valence-corrected chi connectivity index (χ1v) is 36.6. The third-order valence-corrected chi connectivity index (χ3v) is 20.8. The summed E-state index contributed by atoms with van der Waals surface area (Å²) in [5.74, 6) is -14.6. The lowest BCUT2D eigenvalue weighted by atomic mass is 9.83. The Morgan fingerprint density at radius 2 is 1.12 bits per heavy atom. The Kier molecular flexibility index (Phi) is 26.6. The number of fused-ring (bicyclic) bond motifs is 5. The number of esters is 2. The van der Waals surface area contributed by atoms with Gasteiger partial charge in [-0.3, -0.25) is 52.7 Å². The lowest BCUT2D eigenvalue weighted by molar-refractivity contribution is -0.163. The van der Waals surface area contributed by atoms with E-state index in [-0.39, 0.29) is 39.4 Å². The summed E-state index contributed by atoms with van der Waals surface area (Å²) in [6, 6.07) is 0.223. The molecule has 3 aliphatic carbocycles. The topological polar surface area (TPSA) is 413 Å². The molecule has 2 saturated carbocycles. The number of aromatic nitrogens is 1. The first-order valence-electron chi connectivity index (χ1n) is 36.6. The van der Waals surface area contributed by atoms with E-state index in [1.807, 2.05) is 19.9 Å². The van der Waals surface area contributed by atoms with Gasteiger partial charge >= 0.3 is 17.6 Å². The second-order valence-electron chi connectivity index (χ2n) is 30.5. The van der Waals surface area contributed by atoms with E-state index in [9.17, 15) is 62.6 Å². The molecule has 3 aromatic rings. The second kappa shape index (κ2) is 34.6. The minimum Gasteiger partial charge on any atom is -0.504 e. The van der Waals surface area contributed by atoms with E-state index in [0.29, 0.717) is 67.4 Å². The van der Waals surface area contributed by atoms with E-state index in [0.717, 1.165) is 15.4 Å². The monoisotopic (exact) mass is 1500 g/mol.